The summed E-state index contributed by atoms with van der Waals surface area (Å²) >= 11 is 0. The molecule has 0 saturated heterocycles. The summed E-state index contributed by atoms with van der Waals surface area (Å²) in [7, 11) is 0. The van der Waals surface area contributed by atoms with Gasteiger partial charge in [-0.1, -0.05) is 13.8 Å². The molecule has 2 heteroatoms. The summed E-state index contributed by atoms with van der Waals surface area (Å²) < 4.78 is 13.1. The van der Waals surface area contributed by atoms with Gasteiger partial charge in [0, 0.05) is 6.04 Å². The average Bonchev–Trinajstić information content (AvgIpc) is 2.12. The summed E-state index contributed by atoms with van der Waals surface area (Å²) in [6, 6.07) is 3.16. The average molecular weight is 223 g/mol. The molecule has 0 aliphatic heterocycles. The molecule has 0 aliphatic carbocycles. The predicted octanol–water partition coefficient (Wildman–Crippen LogP) is 3.88. The Kier molecular flexibility index (Phi) is 4.48. The summed E-state index contributed by atoms with van der Waals surface area (Å²) in [6.07, 6.45) is 2.07. The van der Waals surface area contributed by atoms with E-state index in [4.69, 9.17) is 5.73 Å². The molecule has 0 amide bonds. The number of halogens is 1. The third-order valence-corrected chi connectivity index (χ3v) is 2.98. The molecule has 0 aliphatic rings. The minimum Gasteiger partial charge on any atom is -0.324 e. The molecular formula is C14H22FN. The Bertz CT molecular complexity index is 335. The topological polar surface area (TPSA) is 26.0 Å². The SMILES string of the molecule is Cc1cc(F)cc(C)c1C(N)CCC(C)C. The molecule has 0 spiro atoms. The minimum absolute atomic E-state index is 0.0306. The molecule has 90 valence electrons. The van der Waals surface area contributed by atoms with E-state index < -0.39 is 0 Å². The quantitative estimate of drug-likeness (QED) is 0.823. The van der Waals surface area contributed by atoms with Crippen LogP contribution in [0.15, 0.2) is 12.1 Å². The lowest BCUT2D eigenvalue weighted by molar-refractivity contribution is 0.504. The molecule has 0 saturated carbocycles. The molecule has 16 heavy (non-hydrogen) atoms. The summed E-state index contributed by atoms with van der Waals surface area (Å²) in [5.74, 6) is 0.488. The Hall–Kier alpha value is -0.890. The molecule has 0 radical (unpaired) electrons. The molecule has 0 bridgehead atoms. The number of benzene rings is 1. The van der Waals surface area contributed by atoms with E-state index >= 15 is 0 Å². The van der Waals surface area contributed by atoms with Gasteiger partial charge in [0.1, 0.15) is 5.82 Å². The van der Waals surface area contributed by atoms with Crippen LogP contribution in [0.2, 0.25) is 0 Å². The number of hydrogen-bond donors (Lipinski definition) is 1. The van der Waals surface area contributed by atoms with Crippen LogP contribution < -0.4 is 5.73 Å². The van der Waals surface area contributed by atoms with Gasteiger partial charge in [-0.25, -0.2) is 4.39 Å². The van der Waals surface area contributed by atoms with Crippen molar-refractivity contribution in [2.24, 2.45) is 11.7 Å². The Labute approximate surface area is 97.9 Å². The van der Waals surface area contributed by atoms with Gasteiger partial charge in [0.15, 0.2) is 0 Å². The molecule has 1 nitrogen and oxygen atoms in total. The van der Waals surface area contributed by atoms with Crippen LogP contribution in [0.3, 0.4) is 0 Å². The smallest absolute Gasteiger partial charge is 0.123 e. The summed E-state index contributed by atoms with van der Waals surface area (Å²) in [5.41, 5.74) is 9.22. The lowest BCUT2D eigenvalue weighted by atomic mass is 9.92. The molecule has 0 fully saturated rings. The number of rotatable bonds is 4. The third kappa shape index (κ3) is 3.31. The first-order valence-corrected chi connectivity index (χ1v) is 5.94. The number of nitrogens with two attached hydrogens (primary N) is 1. The summed E-state index contributed by atoms with van der Waals surface area (Å²) in [4.78, 5) is 0. The van der Waals surface area contributed by atoms with Crippen LogP contribution in [0, 0.1) is 25.6 Å². The fourth-order valence-corrected chi connectivity index (χ4v) is 2.16. The van der Waals surface area contributed by atoms with Gasteiger partial charge in [0.25, 0.3) is 0 Å². The fraction of sp³-hybridized carbons (Fsp3) is 0.571. The zero-order chi connectivity index (χ0) is 12.3. The van der Waals surface area contributed by atoms with E-state index in [9.17, 15) is 4.39 Å². The molecule has 1 atom stereocenters. The zero-order valence-corrected chi connectivity index (χ0v) is 10.7. The molecule has 1 aromatic carbocycles. The van der Waals surface area contributed by atoms with Crippen molar-refractivity contribution in [3.05, 3.63) is 34.6 Å². The maximum atomic E-state index is 13.1. The highest BCUT2D eigenvalue weighted by Crippen LogP contribution is 2.25. The second-order valence-corrected chi connectivity index (χ2v) is 5.03. The Balaban J connectivity index is 2.86. The van der Waals surface area contributed by atoms with Gasteiger partial charge in [0.05, 0.1) is 0 Å². The maximum Gasteiger partial charge on any atom is 0.123 e. The molecule has 1 rings (SSSR count). The summed E-state index contributed by atoms with van der Waals surface area (Å²) in [5, 5.41) is 0. The Morgan fingerprint density at radius 3 is 2.06 bits per heavy atom. The van der Waals surface area contributed by atoms with E-state index in [-0.39, 0.29) is 11.9 Å². The third-order valence-electron chi connectivity index (χ3n) is 2.98. The first-order valence-electron chi connectivity index (χ1n) is 5.94. The van der Waals surface area contributed by atoms with Crippen molar-refractivity contribution in [3.63, 3.8) is 0 Å². The highest BCUT2D eigenvalue weighted by atomic mass is 19.1. The van der Waals surface area contributed by atoms with Crippen molar-refractivity contribution in [1.29, 1.82) is 0 Å². The molecular weight excluding hydrogens is 201 g/mol. The highest BCUT2D eigenvalue weighted by Gasteiger charge is 2.13. The van der Waals surface area contributed by atoms with E-state index in [0.717, 1.165) is 29.5 Å². The van der Waals surface area contributed by atoms with E-state index in [1.807, 2.05) is 13.8 Å². The molecule has 2 N–H and O–H groups in total. The van der Waals surface area contributed by atoms with Gasteiger partial charge in [0.2, 0.25) is 0 Å². The first-order chi connectivity index (χ1) is 7.41. The Morgan fingerprint density at radius 1 is 1.12 bits per heavy atom. The summed E-state index contributed by atoms with van der Waals surface area (Å²) in [6.45, 7) is 8.25. The van der Waals surface area contributed by atoms with Crippen LogP contribution in [0.1, 0.15) is 49.4 Å². The predicted molar refractivity (Wildman–Crippen MR) is 66.9 cm³/mol. The van der Waals surface area contributed by atoms with E-state index in [0.29, 0.717) is 5.92 Å². The van der Waals surface area contributed by atoms with Crippen molar-refractivity contribution in [2.75, 3.05) is 0 Å². The number of aryl methyl sites for hydroxylation is 2. The highest BCUT2D eigenvalue weighted by molar-refractivity contribution is 5.36. The van der Waals surface area contributed by atoms with Crippen LogP contribution in [-0.2, 0) is 0 Å². The van der Waals surface area contributed by atoms with Gasteiger partial charge in [-0.3, -0.25) is 0 Å². The maximum absolute atomic E-state index is 13.1. The van der Waals surface area contributed by atoms with Crippen molar-refractivity contribution < 1.29 is 4.39 Å². The Morgan fingerprint density at radius 2 is 1.62 bits per heavy atom. The molecule has 1 aromatic rings. The largest absolute Gasteiger partial charge is 0.324 e. The van der Waals surface area contributed by atoms with Gasteiger partial charge in [-0.05, 0) is 61.4 Å². The second-order valence-electron chi connectivity index (χ2n) is 5.03. The first kappa shape index (κ1) is 13.2. The van der Waals surface area contributed by atoms with E-state index in [2.05, 4.69) is 13.8 Å². The second kappa shape index (κ2) is 5.44. The van der Waals surface area contributed by atoms with E-state index in [1.54, 1.807) is 12.1 Å². The fourth-order valence-electron chi connectivity index (χ4n) is 2.16. The van der Waals surface area contributed by atoms with Crippen molar-refractivity contribution in [3.8, 4) is 0 Å². The monoisotopic (exact) mass is 223 g/mol. The van der Waals surface area contributed by atoms with Gasteiger partial charge < -0.3 is 5.73 Å². The van der Waals surface area contributed by atoms with Gasteiger partial charge in [-0.15, -0.1) is 0 Å². The zero-order valence-electron chi connectivity index (χ0n) is 10.7. The standard InChI is InChI=1S/C14H22FN/c1-9(2)5-6-13(16)14-10(3)7-12(15)8-11(14)4/h7-9,13H,5-6,16H2,1-4H3. The van der Waals surface area contributed by atoms with Crippen molar-refractivity contribution >= 4 is 0 Å². The van der Waals surface area contributed by atoms with Crippen LogP contribution in [0.4, 0.5) is 4.39 Å². The van der Waals surface area contributed by atoms with Gasteiger partial charge in [-0.2, -0.15) is 0 Å². The lowest BCUT2D eigenvalue weighted by Crippen LogP contribution is -2.14. The lowest BCUT2D eigenvalue weighted by Gasteiger charge is -2.18. The molecule has 1 unspecified atom stereocenters. The normalized spacial score (nSPS) is 13.2. The van der Waals surface area contributed by atoms with Crippen LogP contribution in [0.5, 0.6) is 0 Å². The minimum atomic E-state index is -0.171. The van der Waals surface area contributed by atoms with E-state index in [1.165, 1.54) is 0 Å². The van der Waals surface area contributed by atoms with Crippen molar-refractivity contribution in [2.45, 2.75) is 46.6 Å². The van der Waals surface area contributed by atoms with Crippen molar-refractivity contribution in [1.82, 2.24) is 0 Å². The molecule has 0 heterocycles. The van der Waals surface area contributed by atoms with Crippen LogP contribution in [0.25, 0.3) is 0 Å². The van der Waals surface area contributed by atoms with Crippen LogP contribution in [-0.4, -0.2) is 0 Å². The number of hydrogen-bond acceptors (Lipinski definition) is 1. The van der Waals surface area contributed by atoms with Gasteiger partial charge >= 0.3 is 0 Å². The molecule has 0 aromatic heterocycles. The van der Waals surface area contributed by atoms with Crippen LogP contribution >= 0.6 is 0 Å².